The summed E-state index contributed by atoms with van der Waals surface area (Å²) in [6, 6.07) is 6.87. The number of rotatable bonds is 3. The van der Waals surface area contributed by atoms with Gasteiger partial charge in [-0.25, -0.2) is 4.39 Å². The van der Waals surface area contributed by atoms with E-state index in [4.69, 9.17) is 0 Å². The Balaban J connectivity index is 1.88. The maximum Gasteiger partial charge on any atom is 0.131 e. The minimum Gasteiger partial charge on any atom is -0.316 e. The Hall–Kier alpha value is -1.68. The smallest absolute Gasteiger partial charge is 0.131 e. The van der Waals surface area contributed by atoms with Crippen LogP contribution in [-0.2, 0) is 6.54 Å². The van der Waals surface area contributed by atoms with E-state index >= 15 is 0 Å². The van der Waals surface area contributed by atoms with Gasteiger partial charge in [-0.2, -0.15) is 5.10 Å². The van der Waals surface area contributed by atoms with Gasteiger partial charge in [0.15, 0.2) is 0 Å². The van der Waals surface area contributed by atoms with Gasteiger partial charge in [0.25, 0.3) is 0 Å². The maximum atomic E-state index is 13.8. The van der Waals surface area contributed by atoms with Gasteiger partial charge in [0, 0.05) is 23.4 Å². The molecule has 100 valence electrons. The number of hydrogen-bond donors (Lipinski definition) is 1. The van der Waals surface area contributed by atoms with Crippen LogP contribution >= 0.6 is 0 Å². The first-order valence-corrected chi connectivity index (χ1v) is 6.73. The summed E-state index contributed by atoms with van der Waals surface area (Å²) >= 11 is 0. The molecule has 1 unspecified atom stereocenters. The van der Waals surface area contributed by atoms with E-state index in [1.54, 1.807) is 18.3 Å². The normalized spacial score (nSPS) is 18.9. The minimum absolute atomic E-state index is 0.187. The van der Waals surface area contributed by atoms with Crippen LogP contribution in [0.1, 0.15) is 12.1 Å². The Labute approximate surface area is 112 Å². The number of aromatic nitrogens is 2. The molecular formula is C15H18FN3. The van der Waals surface area contributed by atoms with Crippen molar-refractivity contribution in [3.05, 3.63) is 42.0 Å². The van der Waals surface area contributed by atoms with E-state index in [0.29, 0.717) is 11.5 Å². The molecule has 0 radical (unpaired) electrons. The molecule has 0 bridgehead atoms. The Morgan fingerprint density at radius 3 is 2.95 bits per heavy atom. The number of benzene rings is 1. The number of nitrogens with zero attached hydrogens (tertiary/aromatic N) is 2. The fourth-order valence-electron chi connectivity index (χ4n) is 2.69. The van der Waals surface area contributed by atoms with Crippen LogP contribution in [0.3, 0.4) is 0 Å². The van der Waals surface area contributed by atoms with Crippen LogP contribution in [0.4, 0.5) is 4.39 Å². The van der Waals surface area contributed by atoms with Crippen molar-refractivity contribution >= 4 is 0 Å². The predicted octanol–water partition coefficient (Wildman–Crippen LogP) is 2.61. The molecule has 19 heavy (non-hydrogen) atoms. The third-order valence-corrected chi connectivity index (χ3v) is 3.86. The third-order valence-electron chi connectivity index (χ3n) is 3.86. The van der Waals surface area contributed by atoms with Crippen LogP contribution in [0.15, 0.2) is 30.5 Å². The molecule has 4 heteroatoms. The van der Waals surface area contributed by atoms with E-state index in [1.807, 2.05) is 17.7 Å². The van der Waals surface area contributed by atoms with Crippen LogP contribution in [-0.4, -0.2) is 22.9 Å². The lowest BCUT2D eigenvalue weighted by Crippen LogP contribution is -2.16. The summed E-state index contributed by atoms with van der Waals surface area (Å²) in [5.41, 5.74) is 2.57. The molecule has 1 atom stereocenters. The van der Waals surface area contributed by atoms with Crippen molar-refractivity contribution in [3.63, 3.8) is 0 Å². The first-order chi connectivity index (χ1) is 9.25. The lowest BCUT2D eigenvalue weighted by atomic mass is 10.1. The molecule has 0 spiro atoms. The first-order valence-electron chi connectivity index (χ1n) is 6.73. The van der Waals surface area contributed by atoms with Crippen LogP contribution in [0.25, 0.3) is 11.1 Å². The van der Waals surface area contributed by atoms with Crippen LogP contribution in [0.2, 0.25) is 0 Å². The number of halogens is 1. The monoisotopic (exact) mass is 259 g/mol. The minimum atomic E-state index is -0.187. The third kappa shape index (κ3) is 2.40. The van der Waals surface area contributed by atoms with Crippen molar-refractivity contribution < 1.29 is 4.39 Å². The van der Waals surface area contributed by atoms with Crippen molar-refractivity contribution in [3.8, 4) is 11.1 Å². The van der Waals surface area contributed by atoms with Crippen molar-refractivity contribution in [1.29, 1.82) is 0 Å². The molecule has 1 aromatic carbocycles. The lowest BCUT2D eigenvalue weighted by molar-refractivity contribution is 0.443. The zero-order chi connectivity index (χ0) is 13.2. The fourth-order valence-corrected chi connectivity index (χ4v) is 2.69. The molecule has 1 fully saturated rings. The Morgan fingerprint density at radius 1 is 1.37 bits per heavy atom. The van der Waals surface area contributed by atoms with Crippen LogP contribution < -0.4 is 5.32 Å². The standard InChI is InChI=1S/C15H18FN3/c1-11-14(13-4-2-3-5-15(13)16)9-18-19(11)10-12-6-7-17-8-12/h2-5,9,12,17H,6-8,10H2,1H3. The quantitative estimate of drug-likeness (QED) is 0.918. The molecule has 1 aliphatic heterocycles. The van der Waals surface area contributed by atoms with E-state index in [1.165, 1.54) is 12.5 Å². The largest absolute Gasteiger partial charge is 0.316 e. The predicted molar refractivity (Wildman–Crippen MR) is 73.3 cm³/mol. The summed E-state index contributed by atoms with van der Waals surface area (Å²) in [5.74, 6) is 0.444. The molecule has 0 aliphatic carbocycles. The fraction of sp³-hybridized carbons (Fsp3) is 0.400. The summed E-state index contributed by atoms with van der Waals surface area (Å²) in [4.78, 5) is 0. The molecule has 3 nitrogen and oxygen atoms in total. The highest BCUT2D eigenvalue weighted by atomic mass is 19.1. The van der Waals surface area contributed by atoms with Crippen molar-refractivity contribution in [1.82, 2.24) is 15.1 Å². The van der Waals surface area contributed by atoms with Gasteiger partial charge in [-0.05, 0) is 38.4 Å². The summed E-state index contributed by atoms with van der Waals surface area (Å²) < 4.78 is 15.8. The molecule has 2 aromatic rings. The zero-order valence-electron chi connectivity index (χ0n) is 11.1. The molecule has 1 aliphatic rings. The molecule has 1 saturated heterocycles. The zero-order valence-corrected chi connectivity index (χ0v) is 11.1. The lowest BCUT2D eigenvalue weighted by Gasteiger charge is -2.10. The van der Waals surface area contributed by atoms with Crippen molar-refractivity contribution in [2.24, 2.45) is 5.92 Å². The molecule has 0 amide bonds. The second-order valence-corrected chi connectivity index (χ2v) is 5.16. The number of hydrogen-bond acceptors (Lipinski definition) is 2. The van der Waals surface area contributed by atoms with E-state index in [2.05, 4.69) is 10.4 Å². The Morgan fingerprint density at radius 2 is 2.21 bits per heavy atom. The van der Waals surface area contributed by atoms with E-state index in [-0.39, 0.29) is 5.82 Å². The summed E-state index contributed by atoms with van der Waals surface area (Å²) in [5, 5.41) is 7.78. The van der Waals surface area contributed by atoms with Gasteiger partial charge in [-0.15, -0.1) is 0 Å². The molecule has 3 rings (SSSR count). The molecular weight excluding hydrogens is 241 g/mol. The van der Waals surface area contributed by atoms with Crippen LogP contribution in [0.5, 0.6) is 0 Å². The summed E-state index contributed by atoms with van der Waals surface area (Å²) in [6.07, 6.45) is 2.96. The average Bonchev–Trinajstić information content (AvgIpc) is 3.03. The molecule has 2 heterocycles. The maximum absolute atomic E-state index is 13.8. The van der Waals surface area contributed by atoms with Gasteiger partial charge in [0.2, 0.25) is 0 Å². The average molecular weight is 259 g/mol. The highest BCUT2D eigenvalue weighted by Gasteiger charge is 2.18. The Bertz CT molecular complexity index is 571. The number of nitrogens with one attached hydrogen (secondary N) is 1. The second-order valence-electron chi connectivity index (χ2n) is 5.16. The van der Waals surface area contributed by atoms with Crippen LogP contribution in [0, 0.1) is 18.7 Å². The highest BCUT2D eigenvalue weighted by molar-refractivity contribution is 5.65. The Kier molecular flexibility index (Phi) is 3.34. The van der Waals surface area contributed by atoms with Gasteiger partial charge in [-0.1, -0.05) is 18.2 Å². The van der Waals surface area contributed by atoms with Gasteiger partial charge in [0.05, 0.1) is 6.20 Å². The van der Waals surface area contributed by atoms with Crippen molar-refractivity contribution in [2.75, 3.05) is 13.1 Å². The van der Waals surface area contributed by atoms with E-state index < -0.39 is 0 Å². The topological polar surface area (TPSA) is 29.9 Å². The van der Waals surface area contributed by atoms with Gasteiger partial charge >= 0.3 is 0 Å². The molecule has 1 N–H and O–H groups in total. The SMILES string of the molecule is Cc1c(-c2ccccc2F)cnn1CC1CCNC1. The summed E-state index contributed by atoms with van der Waals surface area (Å²) in [7, 11) is 0. The van der Waals surface area contributed by atoms with E-state index in [9.17, 15) is 4.39 Å². The summed E-state index contributed by atoms with van der Waals surface area (Å²) in [6.45, 7) is 5.06. The first kappa shape index (κ1) is 12.4. The molecule has 1 aromatic heterocycles. The second kappa shape index (κ2) is 5.13. The van der Waals surface area contributed by atoms with E-state index in [0.717, 1.165) is 30.9 Å². The van der Waals surface area contributed by atoms with Gasteiger partial charge in [0.1, 0.15) is 5.82 Å². The van der Waals surface area contributed by atoms with Gasteiger partial charge in [-0.3, -0.25) is 4.68 Å². The van der Waals surface area contributed by atoms with Gasteiger partial charge < -0.3 is 5.32 Å². The molecule has 0 saturated carbocycles. The highest BCUT2D eigenvalue weighted by Crippen LogP contribution is 2.26. The van der Waals surface area contributed by atoms with Crippen molar-refractivity contribution in [2.45, 2.75) is 19.9 Å².